The summed E-state index contributed by atoms with van der Waals surface area (Å²) in [6, 6.07) is 3.78. The van der Waals surface area contributed by atoms with E-state index in [1.165, 1.54) is 29.4 Å². The Morgan fingerprint density at radius 1 is 1.29 bits per heavy atom. The Bertz CT molecular complexity index is 650. The van der Waals surface area contributed by atoms with Crippen molar-refractivity contribution in [1.29, 1.82) is 0 Å². The normalized spacial score (nSPS) is 21.3. The average Bonchev–Trinajstić information content (AvgIpc) is 3.32. The van der Waals surface area contributed by atoms with E-state index < -0.39 is 10.0 Å². The van der Waals surface area contributed by atoms with Crippen LogP contribution in [0.1, 0.15) is 18.5 Å². The van der Waals surface area contributed by atoms with Crippen molar-refractivity contribution in [3.63, 3.8) is 0 Å². The summed E-state index contributed by atoms with van der Waals surface area (Å²) in [6.07, 6.45) is 3.97. The minimum Gasteiger partial charge on any atom is -0.388 e. The zero-order valence-corrected chi connectivity index (χ0v) is 13.2. The molecule has 0 bridgehead atoms. The topological polar surface area (TPSA) is 79.5 Å². The highest BCUT2D eigenvalue weighted by molar-refractivity contribution is 7.89. The smallest absolute Gasteiger partial charge is 0.245 e. The van der Waals surface area contributed by atoms with Crippen LogP contribution in [-0.4, -0.2) is 59.8 Å². The van der Waals surface area contributed by atoms with Gasteiger partial charge in [-0.05, 0) is 25.0 Å². The van der Waals surface area contributed by atoms with Crippen molar-refractivity contribution < 1.29 is 8.42 Å². The second-order valence-corrected chi connectivity index (χ2v) is 7.73. The van der Waals surface area contributed by atoms with Crippen molar-refractivity contribution in [2.75, 3.05) is 26.2 Å². The monoisotopic (exact) mass is 326 g/mol. The fourth-order valence-corrected chi connectivity index (χ4v) is 4.48. The molecule has 0 spiro atoms. The number of hydrogen-bond acceptors (Lipinski definition) is 5. The molecule has 21 heavy (non-hydrogen) atoms. The predicted molar refractivity (Wildman–Crippen MR) is 83.5 cm³/mol. The van der Waals surface area contributed by atoms with Crippen LogP contribution in [0.25, 0.3) is 0 Å². The van der Waals surface area contributed by atoms with Crippen LogP contribution in [0, 0.1) is 0 Å². The molecule has 0 radical (unpaired) electrons. The van der Waals surface area contributed by atoms with Crippen molar-refractivity contribution in [2.24, 2.45) is 5.73 Å². The molecular formula is C13H18N4O2S2. The molecule has 114 valence electrons. The van der Waals surface area contributed by atoms with Crippen LogP contribution in [0.5, 0.6) is 0 Å². The van der Waals surface area contributed by atoms with E-state index in [2.05, 4.69) is 9.88 Å². The first-order valence-corrected chi connectivity index (χ1v) is 8.84. The molecular weight excluding hydrogens is 308 g/mol. The molecule has 1 aromatic heterocycles. The number of thiocarbonyl (C=S) groups is 1. The van der Waals surface area contributed by atoms with Crippen molar-refractivity contribution in [3.8, 4) is 0 Å². The lowest BCUT2D eigenvalue weighted by atomic mass is 10.3. The van der Waals surface area contributed by atoms with E-state index >= 15 is 0 Å². The lowest BCUT2D eigenvalue weighted by molar-refractivity contribution is 0.180. The summed E-state index contributed by atoms with van der Waals surface area (Å²) in [6.45, 7) is 2.58. The van der Waals surface area contributed by atoms with Crippen LogP contribution in [0.2, 0.25) is 0 Å². The molecule has 2 N–H and O–H groups in total. The summed E-state index contributed by atoms with van der Waals surface area (Å²) in [7, 11) is -3.59. The van der Waals surface area contributed by atoms with E-state index in [9.17, 15) is 8.42 Å². The van der Waals surface area contributed by atoms with Crippen molar-refractivity contribution in [3.05, 3.63) is 24.0 Å². The lowest BCUT2D eigenvalue weighted by Gasteiger charge is -2.34. The van der Waals surface area contributed by atoms with Gasteiger partial charge in [0.2, 0.25) is 10.0 Å². The Morgan fingerprint density at radius 3 is 2.52 bits per heavy atom. The largest absolute Gasteiger partial charge is 0.388 e. The Hall–Kier alpha value is -1.09. The maximum absolute atomic E-state index is 12.8. The zero-order valence-electron chi connectivity index (χ0n) is 11.6. The first-order valence-electron chi connectivity index (χ1n) is 6.99. The van der Waals surface area contributed by atoms with Crippen LogP contribution in [0.15, 0.2) is 23.2 Å². The van der Waals surface area contributed by atoms with Gasteiger partial charge < -0.3 is 5.73 Å². The van der Waals surface area contributed by atoms with Gasteiger partial charge in [-0.3, -0.25) is 9.88 Å². The van der Waals surface area contributed by atoms with Gasteiger partial charge in [0.05, 0.1) is 0 Å². The van der Waals surface area contributed by atoms with Crippen LogP contribution in [0.4, 0.5) is 0 Å². The van der Waals surface area contributed by atoms with E-state index in [0.717, 1.165) is 13.1 Å². The summed E-state index contributed by atoms with van der Waals surface area (Å²) in [4.78, 5) is 6.49. The van der Waals surface area contributed by atoms with E-state index in [1.807, 2.05) is 0 Å². The quantitative estimate of drug-likeness (QED) is 0.796. The third-order valence-corrected chi connectivity index (χ3v) is 6.08. The van der Waals surface area contributed by atoms with Gasteiger partial charge in [-0.1, -0.05) is 12.2 Å². The van der Waals surface area contributed by atoms with Gasteiger partial charge in [0.15, 0.2) is 0 Å². The van der Waals surface area contributed by atoms with Gasteiger partial charge in [-0.25, -0.2) is 8.42 Å². The minimum absolute atomic E-state index is 0.00536. The van der Waals surface area contributed by atoms with Crippen LogP contribution < -0.4 is 5.73 Å². The predicted octanol–water partition coefficient (Wildman–Crippen LogP) is 0.184. The molecule has 1 saturated carbocycles. The SMILES string of the molecule is NC(=S)c1ncccc1S(=O)(=O)N1CCN(C2CC2)CC1. The first-order chi connectivity index (χ1) is 10.00. The highest BCUT2D eigenvalue weighted by atomic mass is 32.2. The second kappa shape index (κ2) is 5.60. The highest BCUT2D eigenvalue weighted by Crippen LogP contribution is 2.28. The van der Waals surface area contributed by atoms with Crippen molar-refractivity contribution in [2.45, 2.75) is 23.8 Å². The summed E-state index contributed by atoms with van der Waals surface area (Å²) in [5.74, 6) is 0. The molecule has 0 atom stereocenters. The number of sulfonamides is 1. The Morgan fingerprint density at radius 2 is 1.95 bits per heavy atom. The molecule has 0 unspecified atom stereocenters. The van der Waals surface area contributed by atoms with Gasteiger partial charge in [0, 0.05) is 38.4 Å². The van der Waals surface area contributed by atoms with E-state index in [1.54, 1.807) is 6.07 Å². The highest BCUT2D eigenvalue weighted by Gasteiger charge is 2.35. The van der Waals surface area contributed by atoms with E-state index in [-0.39, 0.29) is 15.6 Å². The Kier molecular flexibility index (Phi) is 3.96. The molecule has 2 heterocycles. The number of rotatable bonds is 4. The third-order valence-electron chi connectivity index (χ3n) is 3.96. The number of pyridine rings is 1. The van der Waals surface area contributed by atoms with Gasteiger partial charge in [-0.2, -0.15) is 4.31 Å². The minimum atomic E-state index is -3.59. The molecule has 1 aliphatic carbocycles. The third kappa shape index (κ3) is 2.94. The Balaban J connectivity index is 1.82. The Labute approximate surface area is 130 Å². The van der Waals surface area contributed by atoms with Crippen molar-refractivity contribution >= 4 is 27.2 Å². The summed E-state index contributed by atoms with van der Waals surface area (Å²) < 4.78 is 27.0. The fraction of sp³-hybridized carbons (Fsp3) is 0.538. The fourth-order valence-electron chi connectivity index (χ4n) is 2.67. The van der Waals surface area contributed by atoms with E-state index in [4.69, 9.17) is 18.0 Å². The summed E-state index contributed by atoms with van der Waals surface area (Å²) in [5, 5.41) is 0. The molecule has 1 aromatic rings. The van der Waals surface area contributed by atoms with E-state index in [0.29, 0.717) is 19.1 Å². The molecule has 1 saturated heterocycles. The molecule has 0 amide bonds. The number of nitrogens with two attached hydrogens (primary N) is 1. The van der Waals surface area contributed by atoms with Crippen LogP contribution >= 0.6 is 12.2 Å². The number of piperazine rings is 1. The number of aromatic nitrogens is 1. The van der Waals surface area contributed by atoms with Gasteiger partial charge >= 0.3 is 0 Å². The maximum atomic E-state index is 12.8. The first kappa shape index (κ1) is 14.8. The number of nitrogens with zero attached hydrogens (tertiary/aromatic N) is 3. The van der Waals surface area contributed by atoms with Crippen LogP contribution in [-0.2, 0) is 10.0 Å². The molecule has 2 aliphatic rings. The van der Waals surface area contributed by atoms with Crippen LogP contribution in [0.3, 0.4) is 0 Å². The van der Waals surface area contributed by atoms with Gasteiger partial charge in [0.25, 0.3) is 0 Å². The zero-order chi connectivity index (χ0) is 15.0. The number of hydrogen-bond donors (Lipinski definition) is 1. The molecule has 3 rings (SSSR count). The standard InChI is InChI=1S/C13H18N4O2S2/c14-13(20)12-11(2-1-5-15-12)21(18,19)17-8-6-16(7-9-17)10-3-4-10/h1-2,5,10H,3-4,6-9H2,(H2,14,20). The molecule has 8 heteroatoms. The van der Waals surface area contributed by atoms with Gasteiger partial charge in [0.1, 0.15) is 15.6 Å². The molecule has 0 aromatic carbocycles. The average molecular weight is 326 g/mol. The lowest BCUT2D eigenvalue weighted by Crippen LogP contribution is -2.49. The molecule has 1 aliphatic heterocycles. The molecule has 6 nitrogen and oxygen atoms in total. The second-order valence-electron chi connectivity index (χ2n) is 5.39. The maximum Gasteiger partial charge on any atom is 0.245 e. The molecule has 2 fully saturated rings. The summed E-state index contributed by atoms with van der Waals surface area (Å²) >= 11 is 4.91. The van der Waals surface area contributed by atoms with Crippen molar-refractivity contribution in [1.82, 2.24) is 14.2 Å². The summed E-state index contributed by atoms with van der Waals surface area (Å²) in [5.41, 5.74) is 5.77. The van der Waals surface area contributed by atoms with Gasteiger partial charge in [-0.15, -0.1) is 0 Å².